The molecule has 4 nitrogen and oxygen atoms in total. The summed E-state index contributed by atoms with van der Waals surface area (Å²) in [6, 6.07) is 0. The maximum absolute atomic E-state index is 10.3. The molecule has 5 heteroatoms. The number of aliphatic hydroxyl groups is 1. The number of hydrogen-bond acceptors (Lipinski definition) is 3. The van der Waals surface area contributed by atoms with Gasteiger partial charge in [-0.05, 0) is 48.5 Å². The van der Waals surface area contributed by atoms with Crippen LogP contribution in [-0.2, 0) is 13.1 Å². The fourth-order valence-corrected chi connectivity index (χ4v) is 3.36. The van der Waals surface area contributed by atoms with E-state index in [0.717, 1.165) is 36.3 Å². The predicted octanol–water partition coefficient (Wildman–Crippen LogP) is 1.93. The summed E-state index contributed by atoms with van der Waals surface area (Å²) in [4.78, 5) is 2.31. The van der Waals surface area contributed by atoms with Crippen molar-refractivity contribution in [2.24, 2.45) is 5.92 Å². The van der Waals surface area contributed by atoms with Gasteiger partial charge in [-0.2, -0.15) is 5.10 Å². The van der Waals surface area contributed by atoms with Gasteiger partial charge in [-0.1, -0.05) is 0 Å². The molecule has 0 bridgehead atoms. The zero-order valence-corrected chi connectivity index (χ0v) is 12.6. The maximum Gasteiger partial charge on any atom is 0.0928 e. The summed E-state index contributed by atoms with van der Waals surface area (Å²) < 4.78 is 3.17. The average molecular weight is 314 g/mol. The van der Waals surface area contributed by atoms with Crippen LogP contribution in [0.3, 0.4) is 0 Å². The topological polar surface area (TPSA) is 41.3 Å². The molecule has 1 saturated heterocycles. The predicted molar refractivity (Wildman–Crippen MR) is 73.3 cm³/mol. The fourth-order valence-electron chi connectivity index (χ4n) is 2.95. The average Bonchev–Trinajstić information content (AvgIpc) is 3.10. The Morgan fingerprint density at radius 1 is 1.44 bits per heavy atom. The van der Waals surface area contributed by atoms with E-state index in [1.807, 2.05) is 11.6 Å². The molecule has 0 amide bonds. The number of β-amino-alcohol motifs (C(OH)–C–C–N with tert-alkyl or cyclic N) is 1. The molecule has 0 aromatic carbocycles. The van der Waals surface area contributed by atoms with Crippen molar-refractivity contribution in [2.45, 2.75) is 45.4 Å². The van der Waals surface area contributed by atoms with Crippen LogP contribution >= 0.6 is 15.9 Å². The molecule has 3 rings (SSSR count). The van der Waals surface area contributed by atoms with E-state index in [2.05, 4.69) is 32.9 Å². The van der Waals surface area contributed by atoms with Crippen molar-refractivity contribution in [1.82, 2.24) is 14.7 Å². The van der Waals surface area contributed by atoms with Gasteiger partial charge in [0.2, 0.25) is 0 Å². The Labute approximate surface area is 116 Å². The highest BCUT2D eigenvalue weighted by molar-refractivity contribution is 9.10. The molecule has 2 heterocycles. The highest BCUT2D eigenvalue weighted by Gasteiger charge is 2.51. The largest absolute Gasteiger partial charge is 0.387 e. The van der Waals surface area contributed by atoms with Crippen molar-refractivity contribution in [3.8, 4) is 0 Å². The Morgan fingerprint density at radius 2 is 2.11 bits per heavy atom. The van der Waals surface area contributed by atoms with Crippen LogP contribution in [0.4, 0.5) is 0 Å². The van der Waals surface area contributed by atoms with E-state index in [1.165, 1.54) is 18.5 Å². The molecule has 1 saturated carbocycles. The SMILES string of the molecule is CCn1nc(C)c(Br)c1CN1CC(O)(C2CC2)C1. The minimum atomic E-state index is -0.390. The first kappa shape index (κ1) is 12.6. The first-order chi connectivity index (χ1) is 8.53. The first-order valence-electron chi connectivity index (χ1n) is 6.70. The lowest BCUT2D eigenvalue weighted by atomic mass is 9.88. The van der Waals surface area contributed by atoms with Gasteiger partial charge in [-0.3, -0.25) is 9.58 Å². The third-order valence-corrected chi connectivity index (χ3v) is 5.19. The molecule has 0 unspecified atom stereocenters. The second-order valence-electron chi connectivity index (χ2n) is 5.68. The molecular weight excluding hydrogens is 294 g/mol. The molecule has 0 radical (unpaired) electrons. The van der Waals surface area contributed by atoms with E-state index < -0.39 is 5.60 Å². The van der Waals surface area contributed by atoms with E-state index in [-0.39, 0.29) is 0 Å². The summed E-state index contributed by atoms with van der Waals surface area (Å²) in [5, 5.41) is 14.8. The summed E-state index contributed by atoms with van der Waals surface area (Å²) in [7, 11) is 0. The van der Waals surface area contributed by atoms with Crippen molar-refractivity contribution >= 4 is 15.9 Å². The summed E-state index contributed by atoms with van der Waals surface area (Å²) in [6.07, 6.45) is 2.42. The van der Waals surface area contributed by atoms with E-state index in [4.69, 9.17) is 0 Å². The van der Waals surface area contributed by atoms with Gasteiger partial charge in [0, 0.05) is 26.2 Å². The second-order valence-corrected chi connectivity index (χ2v) is 6.48. The van der Waals surface area contributed by atoms with E-state index >= 15 is 0 Å². The van der Waals surface area contributed by atoms with Gasteiger partial charge in [0.25, 0.3) is 0 Å². The molecule has 1 aromatic heterocycles. The van der Waals surface area contributed by atoms with Crippen LogP contribution in [0.15, 0.2) is 4.47 Å². The smallest absolute Gasteiger partial charge is 0.0928 e. The standard InChI is InChI=1S/C13H20BrN3O/c1-3-17-11(12(14)9(2)15-17)6-16-7-13(18,8-16)10-4-5-10/h10,18H,3-8H2,1-2H3. The molecule has 0 atom stereocenters. The number of rotatable bonds is 4. The fraction of sp³-hybridized carbons (Fsp3) is 0.769. The Balaban J connectivity index is 1.67. The lowest BCUT2D eigenvalue weighted by Gasteiger charge is -2.47. The molecule has 2 fully saturated rings. The molecule has 2 aliphatic rings. The summed E-state index contributed by atoms with van der Waals surface area (Å²) in [5.74, 6) is 0.565. The van der Waals surface area contributed by atoms with Crippen LogP contribution < -0.4 is 0 Å². The normalized spacial score (nSPS) is 23.1. The monoisotopic (exact) mass is 313 g/mol. The Bertz CT molecular complexity index is 461. The number of aromatic nitrogens is 2. The van der Waals surface area contributed by atoms with E-state index in [1.54, 1.807) is 0 Å². The Morgan fingerprint density at radius 3 is 2.67 bits per heavy atom. The van der Waals surface area contributed by atoms with Gasteiger partial charge in [0.1, 0.15) is 0 Å². The van der Waals surface area contributed by atoms with Crippen LogP contribution in [-0.4, -0.2) is 38.5 Å². The van der Waals surface area contributed by atoms with Crippen molar-refractivity contribution in [3.63, 3.8) is 0 Å². The first-order valence-corrected chi connectivity index (χ1v) is 7.49. The van der Waals surface area contributed by atoms with Gasteiger partial charge in [0.05, 0.1) is 21.5 Å². The van der Waals surface area contributed by atoms with E-state index in [9.17, 15) is 5.11 Å². The van der Waals surface area contributed by atoms with Crippen LogP contribution in [0.1, 0.15) is 31.2 Å². The van der Waals surface area contributed by atoms with Crippen molar-refractivity contribution in [3.05, 3.63) is 15.9 Å². The molecule has 100 valence electrons. The van der Waals surface area contributed by atoms with Gasteiger partial charge in [-0.15, -0.1) is 0 Å². The number of aryl methyl sites for hydroxylation is 2. The minimum Gasteiger partial charge on any atom is -0.387 e. The number of nitrogens with zero attached hydrogens (tertiary/aromatic N) is 3. The summed E-state index contributed by atoms with van der Waals surface area (Å²) in [5.41, 5.74) is 1.89. The van der Waals surface area contributed by atoms with E-state index in [0.29, 0.717) is 5.92 Å². The molecule has 0 spiro atoms. The van der Waals surface area contributed by atoms with Crippen LogP contribution in [0, 0.1) is 12.8 Å². The number of likely N-dealkylation sites (tertiary alicyclic amines) is 1. The zero-order chi connectivity index (χ0) is 12.9. The van der Waals surface area contributed by atoms with Crippen molar-refractivity contribution in [2.75, 3.05) is 13.1 Å². The molecule has 1 N–H and O–H groups in total. The maximum atomic E-state index is 10.3. The molecular formula is C13H20BrN3O. The van der Waals surface area contributed by atoms with Crippen molar-refractivity contribution in [1.29, 1.82) is 0 Å². The van der Waals surface area contributed by atoms with Gasteiger partial charge < -0.3 is 5.11 Å². The zero-order valence-electron chi connectivity index (χ0n) is 11.0. The van der Waals surface area contributed by atoms with Crippen LogP contribution in [0.2, 0.25) is 0 Å². The Hall–Kier alpha value is -0.390. The Kier molecular flexibility index (Phi) is 3.03. The molecule has 1 aromatic rings. The summed E-state index contributed by atoms with van der Waals surface area (Å²) >= 11 is 3.62. The number of hydrogen-bond donors (Lipinski definition) is 1. The van der Waals surface area contributed by atoms with Crippen molar-refractivity contribution < 1.29 is 5.11 Å². The second kappa shape index (κ2) is 4.32. The third-order valence-electron chi connectivity index (χ3n) is 4.16. The molecule has 1 aliphatic heterocycles. The minimum absolute atomic E-state index is 0.390. The quantitative estimate of drug-likeness (QED) is 0.923. The van der Waals surface area contributed by atoms with Crippen LogP contribution in [0.25, 0.3) is 0 Å². The molecule has 1 aliphatic carbocycles. The van der Waals surface area contributed by atoms with Gasteiger partial charge in [0.15, 0.2) is 0 Å². The number of halogens is 1. The lowest BCUT2D eigenvalue weighted by molar-refractivity contribution is -0.117. The third kappa shape index (κ3) is 2.02. The van der Waals surface area contributed by atoms with Gasteiger partial charge >= 0.3 is 0 Å². The highest BCUT2D eigenvalue weighted by Crippen LogP contribution is 2.45. The summed E-state index contributed by atoms with van der Waals surface area (Å²) in [6.45, 7) is 7.54. The van der Waals surface area contributed by atoms with Gasteiger partial charge in [-0.25, -0.2) is 0 Å². The highest BCUT2D eigenvalue weighted by atomic mass is 79.9. The molecule has 18 heavy (non-hydrogen) atoms. The van der Waals surface area contributed by atoms with Crippen LogP contribution in [0.5, 0.6) is 0 Å². The lowest BCUT2D eigenvalue weighted by Crippen LogP contribution is -2.62.